The molecule has 0 atom stereocenters. The van der Waals surface area contributed by atoms with Gasteiger partial charge in [0, 0.05) is 9.92 Å². The number of halogens is 2. The summed E-state index contributed by atoms with van der Waals surface area (Å²) in [6.07, 6.45) is 0.902. The number of thiol groups is 1. The molecule has 0 aliphatic heterocycles. The molecule has 11 heavy (non-hydrogen) atoms. The summed E-state index contributed by atoms with van der Waals surface area (Å²) in [4.78, 5) is 0.832. The summed E-state index contributed by atoms with van der Waals surface area (Å²) < 4.78 is 0. The van der Waals surface area contributed by atoms with Gasteiger partial charge >= 0.3 is 0 Å². The molecule has 0 spiro atoms. The van der Waals surface area contributed by atoms with Gasteiger partial charge in [-0.25, -0.2) is 0 Å². The quantitative estimate of drug-likeness (QED) is 0.664. The minimum atomic E-state index is 0.623. The molecule has 0 aromatic heterocycles. The van der Waals surface area contributed by atoms with Crippen molar-refractivity contribution in [2.45, 2.75) is 18.2 Å². The first-order chi connectivity index (χ1) is 5.15. The first-order valence-electron chi connectivity index (χ1n) is 3.32. The highest BCUT2D eigenvalue weighted by atomic mass is 35.5. The monoisotopic (exact) mass is 206 g/mol. The van der Waals surface area contributed by atoms with Crippen LogP contribution < -0.4 is 0 Å². The Bertz CT molecular complexity index is 271. The highest BCUT2D eigenvalue weighted by Crippen LogP contribution is 2.28. The molecule has 0 bridgehead atoms. The van der Waals surface area contributed by atoms with Gasteiger partial charge in [0.1, 0.15) is 0 Å². The summed E-state index contributed by atoms with van der Waals surface area (Å²) in [7, 11) is 0. The van der Waals surface area contributed by atoms with Crippen LogP contribution in [0, 0.1) is 0 Å². The Morgan fingerprint density at radius 2 is 2.00 bits per heavy atom. The van der Waals surface area contributed by atoms with Gasteiger partial charge < -0.3 is 0 Å². The van der Waals surface area contributed by atoms with Crippen molar-refractivity contribution < 1.29 is 0 Å². The zero-order valence-electron chi connectivity index (χ0n) is 6.06. The maximum atomic E-state index is 5.84. The maximum Gasteiger partial charge on any atom is 0.0556 e. The van der Waals surface area contributed by atoms with Crippen LogP contribution in [0.15, 0.2) is 17.0 Å². The highest BCUT2D eigenvalue weighted by Gasteiger charge is 2.02. The molecule has 1 rings (SSSR count). The lowest BCUT2D eigenvalue weighted by Crippen LogP contribution is -1.83. The van der Waals surface area contributed by atoms with Gasteiger partial charge in [0.25, 0.3) is 0 Å². The number of aryl methyl sites for hydroxylation is 1. The Kier molecular flexibility index (Phi) is 3.11. The van der Waals surface area contributed by atoms with E-state index in [0.717, 1.165) is 16.9 Å². The largest absolute Gasteiger partial charge is 0.142 e. The number of benzene rings is 1. The van der Waals surface area contributed by atoms with Crippen LogP contribution in [0.25, 0.3) is 0 Å². The van der Waals surface area contributed by atoms with Gasteiger partial charge in [-0.05, 0) is 24.1 Å². The van der Waals surface area contributed by atoms with Crippen LogP contribution in [0.2, 0.25) is 10.0 Å². The first kappa shape index (κ1) is 9.24. The second-order valence-electron chi connectivity index (χ2n) is 2.25. The molecular weight excluding hydrogens is 199 g/mol. The van der Waals surface area contributed by atoms with Crippen LogP contribution in [-0.2, 0) is 6.42 Å². The normalized spacial score (nSPS) is 10.2. The summed E-state index contributed by atoms with van der Waals surface area (Å²) in [5.41, 5.74) is 1.09. The third kappa shape index (κ3) is 2.05. The van der Waals surface area contributed by atoms with Crippen molar-refractivity contribution in [3.63, 3.8) is 0 Å². The maximum absolute atomic E-state index is 5.84. The molecule has 1 aromatic rings. The Balaban J connectivity index is 3.24. The van der Waals surface area contributed by atoms with E-state index in [4.69, 9.17) is 23.2 Å². The van der Waals surface area contributed by atoms with E-state index in [1.807, 2.05) is 13.0 Å². The summed E-state index contributed by atoms with van der Waals surface area (Å²) in [6.45, 7) is 2.04. The van der Waals surface area contributed by atoms with Crippen molar-refractivity contribution in [2.75, 3.05) is 0 Å². The van der Waals surface area contributed by atoms with Crippen LogP contribution in [0.1, 0.15) is 12.5 Å². The molecule has 0 aliphatic rings. The predicted molar refractivity (Wildman–Crippen MR) is 53.1 cm³/mol. The topological polar surface area (TPSA) is 0 Å². The molecule has 0 heterocycles. The molecule has 3 heteroatoms. The van der Waals surface area contributed by atoms with E-state index >= 15 is 0 Å². The van der Waals surface area contributed by atoms with Crippen LogP contribution in [0.5, 0.6) is 0 Å². The predicted octanol–water partition coefficient (Wildman–Crippen LogP) is 3.84. The minimum absolute atomic E-state index is 0.623. The minimum Gasteiger partial charge on any atom is -0.142 e. The fourth-order valence-electron chi connectivity index (χ4n) is 0.889. The number of hydrogen-bond acceptors (Lipinski definition) is 1. The van der Waals surface area contributed by atoms with Crippen molar-refractivity contribution in [3.05, 3.63) is 27.7 Å². The zero-order chi connectivity index (χ0) is 8.43. The fourth-order valence-corrected chi connectivity index (χ4v) is 1.71. The number of rotatable bonds is 1. The molecular formula is C8H8Cl2S. The van der Waals surface area contributed by atoms with Crippen LogP contribution >= 0.6 is 35.8 Å². The molecule has 0 saturated heterocycles. The van der Waals surface area contributed by atoms with Crippen molar-refractivity contribution in [1.29, 1.82) is 0 Å². The molecule has 1 aromatic carbocycles. The summed E-state index contributed by atoms with van der Waals surface area (Å²) >= 11 is 15.9. The molecule has 60 valence electrons. The van der Waals surface area contributed by atoms with Gasteiger partial charge in [0.05, 0.1) is 5.02 Å². The molecule has 0 unspecified atom stereocenters. The Morgan fingerprint density at radius 1 is 1.36 bits per heavy atom. The van der Waals surface area contributed by atoms with E-state index in [1.165, 1.54) is 0 Å². The zero-order valence-corrected chi connectivity index (χ0v) is 8.47. The van der Waals surface area contributed by atoms with Crippen LogP contribution in [-0.4, -0.2) is 0 Å². The molecule has 0 N–H and O–H groups in total. The lowest BCUT2D eigenvalue weighted by molar-refractivity contribution is 1.09. The SMILES string of the molecule is CCc1cc(Cl)cc(Cl)c1S. The van der Waals surface area contributed by atoms with E-state index < -0.39 is 0 Å². The van der Waals surface area contributed by atoms with Crippen molar-refractivity contribution in [1.82, 2.24) is 0 Å². The average Bonchev–Trinajstić information content (AvgIpc) is 1.96. The Hall–Kier alpha value is 0.150. The van der Waals surface area contributed by atoms with E-state index in [2.05, 4.69) is 12.6 Å². The highest BCUT2D eigenvalue weighted by molar-refractivity contribution is 7.80. The van der Waals surface area contributed by atoms with Crippen molar-refractivity contribution in [3.8, 4) is 0 Å². The molecule has 0 amide bonds. The summed E-state index contributed by atoms with van der Waals surface area (Å²) in [6, 6.07) is 3.58. The standard InChI is InChI=1S/C8H8Cl2S/c1-2-5-3-6(9)4-7(10)8(5)11/h3-4,11H,2H2,1H3. The summed E-state index contributed by atoms with van der Waals surface area (Å²) in [5, 5.41) is 1.29. The van der Waals surface area contributed by atoms with Gasteiger partial charge in [-0.3, -0.25) is 0 Å². The smallest absolute Gasteiger partial charge is 0.0556 e. The Labute approximate surface area is 81.9 Å². The van der Waals surface area contributed by atoms with E-state index in [9.17, 15) is 0 Å². The van der Waals surface area contributed by atoms with E-state index in [-0.39, 0.29) is 0 Å². The van der Waals surface area contributed by atoms with E-state index in [1.54, 1.807) is 6.07 Å². The molecule has 0 radical (unpaired) electrons. The number of hydrogen-bond donors (Lipinski definition) is 1. The first-order valence-corrected chi connectivity index (χ1v) is 4.52. The fraction of sp³-hybridized carbons (Fsp3) is 0.250. The van der Waals surface area contributed by atoms with Gasteiger partial charge in [-0.15, -0.1) is 12.6 Å². The van der Waals surface area contributed by atoms with Gasteiger partial charge in [-0.2, -0.15) is 0 Å². The van der Waals surface area contributed by atoms with Crippen LogP contribution in [0.4, 0.5) is 0 Å². The molecule has 0 fully saturated rings. The molecule has 0 aliphatic carbocycles. The Morgan fingerprint density at radius 3 is 2.55 bits per heavy atom. The van der Waals surface area contributed by atoms with Crippen LogP contribution in [0.3, 0.4) is 0 Å². The van der Waals surface area contributed by atoms with Gasteiger partial charge in [0.2, 0.25) is 0 Å². The molecule has 0 nitrogen and oxygen atoms in total. The third-order valence-electron chi connectivity index (χ3n) is 1.49. The molecule has 0 saturated carbocycles. The second-order valence-corrected chi connectivity index (χ2v) is 3.54. The summed E-state index contributed by atoms with van der Waals surface area (Å²) in [5.74, 6) is 0. The third-order valence-corrected chi connectivity index (χ3v) is 2.66. The van der Waals surface area contributed by atoms with Crippen molar-refractivity contribution >= 4 is 35.8 Å². The van der Waals surface area contributed by atoms with Gasteiger partial charge in [-0.1, -0.05) is 30.1 Å². The second kappa shape index (κ2) is 3.70. The van der Waals surface area contributed by atoms with Crippen molar-refractivity contribution in [2.24, 2.45) is 0 Å². The average molecular weight is 207 g/mol. The lowest BCUT2D eigenvalue weighted by Gasteiger charge is -2.04. The lowest BCUT2D eigenvalue weighted by atomic mass is 10.2. The van der Waals surface area contributed by atoms with E-state index in [0.29, 0.717) is 10.0 Å². The van der Waals surface area contributed by atoms with Gasteiger partial charge in [0.15, 0.2) is 0 Å².